The summed E-state index contributed by atoms with van der Waals surface area (Å²) in [4.78, 5) is 4.21. The minimum atomic E-state index is 0.475. The molecule has 6 heteroatoms. The van der Waals surface area contributed by atoms with E-state index in [0.717, 1.165) is 22.0 Å². The van der Waals surface area contributed by atoms with Gasteiger partial charge in [-0.05, 0) is 35.9 Å². The van der Waals surface area contributed by atoms with Gasteiger partial charge < -0.3 is 10.1 Å². The predicted molar refractivity (Wildman–Crippen MR) is 96.7 cm³/mol. The second kappa shape index (κ2) is 7.68. The van der Waals surface area contributed by atoms with Crippen molar-refractivity contribution in [3.63, 3.8) is 0 Å². The first-order valence-corrected chi connectivity index (χ1v) is 8.63. The monoisotopic (exact) mass is 364 g/mol. The molecule has 0 saturated heterocycles. The zero-order valence-corrected chi connectivity index (χ0v) is 14.5. The Kier molecular flexibility index (Phi) is 5.39. The fourth-order valence-corrected chi connectivity index (χ4v) is 2.90. The summed E-state index contributed by atoms with van der Waals surface area (Å²) in [6, 6.07) is 13.2. The van der Waals surface area contributed by atoms with Gasteiger partial charge in [0.05, 0.1) is 0 Å². The SMILES string of the molecule is Clc1ccc(COc2ccc(Cl)cc2CNc2nccs2)cc1. The van der Waals surface area contributed by atoms with Crippen LogP contribution in [-0.4, -0.2) is 4.98 Å². The first kappa shape index (κ1) is 16.1. The number of nitrogens with zero attached hydrogens (tertiary/aromatic N) is 1. The summed E-state index contributed by atoms with van der Waals surface area (Å²) in [5, 5.41) is 7.46. The lowest BCUT2D eigenvalue weighted by molar-refractivity contribution is 0.303. The maximum Gasteiger partial charge on any atom is 0.182 e. The predicted octanol–water partition coefficient (Wildman–Crippen LogP) is 5.64. The summed E-state index contributed by atoms with van der Waals surface area (Å²) >= 11 is 13.5. The maximum absolute atomic E-state index is 6.10. The lowest BCUT2D eigenvalue weighted by atomic mass is 10.2. The number of rotatable bonds is 6. The van der Waals surface area contributed by atoms with Crippen molar-refractivity contribution in [3.05, 3.63) is 75.2 Å². The third-order valence-corrected chi connectivity index (χ3v) is 4.41. The third kappa shape index (κ3) is 4.61. The van der Waals surface area contributed by atoms with Crippen LogP contribution in [0.2, 0.25) is 10.0 Å². The number of benzene rings is 2. The maximum atomic E-state index is 6.10. The molecule has 3 nitrogen and oxygen atoms in total. The van der Waals surface area contributed by atoms with E-state index in [4.69, 9.17) is 27.9 Å². The molecule has 2 aromatic carbocycles. The highest BCUT2D eigenvalue weighted by molar-refractivity contribution is 7.13. The van der Waals surface area contributed by atoms with Gasteiger partial charge in [0.2, 0.25) is 0 Å². The van der Waals surface area contributed by atoms with Gasteiger partial charge in [-0.25, -0.2) is 4.98 Å². The lowest BCUT2D eigenvalue weighted by Crippen LogP contribution is -2.03. The average Bonchev–Trinajstić information content (AvgIpc) is 3.07. The molecule has 23 heavy (non-hydrogen) atoms. The zero-order valence-electron chi connectivity index (χ0n) is 12.1. The van der Waals surface area contributed by atoms with E-state index in [1.54, 1.807) is 17.5 Å². The molecular weight excluding hydrogens is 351 g/mol. The highest BCUT2D eigenvalue weighted by atomic mass is 35.5. The molecule has 0 aliphatic rings. The van der Waals surface area contributed by atoms with Crippen LogP contribution in [0.4, 0.5) is 5.13 Å². The average molecular weight is 365 g/mol. The molecule has 0 spiro atoms. The summed E-state index contributed by atoms with van der Waals surface area (Å²) in [6.45, 7) is 1.08. The standard InChI is InChI=1S/C17H14Cl2N2OS/c18-14-3-1-12(2-4-14)11-22-16-6-5-15(19)9-13(16)10-21-17-20-7-8-23-17/h1-9H,10-11H2,(H,20,21). The number of anilines is 1. The first-order chi connectivity index (χ1) is 11.2. The molecular formula is C17H14Cl2N2OS. The molecule has 1 heterocycles. The molecule has 118 valence electrons. The molecule has 0 amide bonds. The van der Waals surface area contributed by atoms with Crippen LogP contribution in [-0.2, 0) is 13.2 Å². The van der Waals surface area contributed by atoms with E-state index < -0.39 is 0 Å². The van der Waals surface area contributed by atoms with Crippen molar-refractivity contribution in [2.45, 2.75) is 13.2 Å². The Morgan fingerprint density at radius 2 is 1.83 bits per heavy atom. The zero-order chi connectivity index (χ0) is 16.1. The molecule has 0 unspecified atom stereocenters. The Bertz CT molecular complexity index is 761. The highest BCUT2D eigenvalue weighted by Crippen LogP contribution is 2.25. The number of nitrogens with one attached hydrogen (secondary N) is 1. The van der Waals surface area contributed by atoms with Gasteiger partial charge in [0.1, 0.15) is 12.4 Å². The van der Waals surface area contributed by atoms with Crippen LogP contribution in [0.3, 0.4) is 0 Å². The van der Waals surface area contributed by atoms with Crippen LogP contribution in [0, 0.1) is 0 Å². The Hall–Kier alpha value is -1.75. The van der Waals surface area contributed by atoms with E-state index in [1.165, 1.54) is 0 Å². The quantitative estimate of drug-likeness (QED) is 0.614. The Morgan fingerprint density at radius 3 is 2.57 bits per heavy atom. The number of halogens is 2. The number of ether oxygens (including phenoxy) is 1. The van der Waals surface area contributed by atoms with Crippen LogP contribution < -0.4 is 10.1 Å². The van der Waals surface area contributed by atoms with Crippen molar-refractivity contribution < 1.29 is 4.74 Å². The topological polar surface area (TPSA) is 34.1 Å². The van der Waals surface area contributed by atoms with Crippen molar-refractivity contribution in [2.24, 2.45) is 0 Å². The van der Waals surface area contributed by atoms with Gasteiger partial charge in [-0.1, -0.05) is 35.3 Å². The van der Waals surface area contributed by atoms with Crippen LogP contribution in [0.5, 0.6) is 5.75 Å². The van der Waals surface area contributed by atoms with Crippen molar-refractivity contribution in [3.8, 4) is 5.75 Å². The largest absolute Gasteiger partial charge is 0.489 e. The van der Waals surface area contributed by atoms with Gasteiger partial charge in [0.15, 0.2) is 5.13 Å². The van der Waals surface area contributed by atoms with Crippen molar-refractivity contribution in [1.82, 2.24) is 4.98 Å². The van der Waals surface area contributed by atoms with Crippen molar-refractivity contribution >= 4 is 39.7 Å². The third-order valence-electron chi connectivity index (χ3n) is 3.19. The van der Waals surface area contributed by atoms with E-state index in [2.05, 4.69) is 10.3 Å². The second-order valence-electron chi connectivity index (χ2n) is 4.86. The Labute approximate surface area is 148 Å². The normalized spacial score (nSPS) is 10.5. The molecule has 0 bridgehead atoms. The van der Waals surface area contributed by atoms with Crippen LogP contribution in [0.25, 0.3) is 0 Å². The lowest BCUT2D eigenvalue weighted by Gasteiger charge is -2.12. The van der Waals surface area contributed by atoms with Gasteiger partial charge in [0.25, 0.3) is 0 Å². The summed E-state index contributed by atoms with van der Waals surface area (Å²) in [7, 11) is 0. The Morgan fingerprint density at radius 1 is 1.04 bits per heavy atom. The molecule has 3 rings (SSSR count). The van der Waals surface area contributed by atoms with Crippen molar-refractivity contribution in [2.75, 3.05) is 5.32 Å². The fourth-order valence-electron chi connectivity index (χ4n) is 2.05. The molecule has 0 fully saturated rings. The van der Waals surface area contributed by atoms with Crippen LogP contribution >= 0.6 is 34.5 Å². The molecule has 0 aliphatic heterocycles. The second-order valence-corrected chi connectivity index (χ2v) is 6.63. The van der Waals surface area contributed by atoms with Crippen molar-refractivity contribution in [1.29, 1.82) is 0 Å². The van der Waals surface area contributed by atoms with Crippen LogP contribution in [0.1, 0.15) is 11.1 Å². The summed E-state index contributed by atoms with van der Waals surface area (Å²) < 4.78 is 5.93. The van der Waals surface area contributed by atoms with Gasteiger partial charge in [-0.15, -0.1) is 11.3 Å². The van der Waals surface area contributed by atoms with Gasteiger partial charge in [-0.3, -0.25) is 0 Å². The molecule has 3 aromatic rings. The number of aromatic nitrogens is 1. The number of hydrogen-bond donors (Lipinski definition) is 1. The first-order valence-electron chi connectivity index (χ1n) is 7.00. The Balaban J connectivity index is 1.69. The van der Waals surface area contributed by atoms with E-state index >= 15 is 0 Å². The highest BCUT2D eigenvalue weighted by Gasteiger charge is 2.06. The molecule has 0 radical (unpaired) electrons. The van der Waals surface area contributed by atoms with E-state index in [0.29, 0.717) is 23.2 Å². The van der Waals surface area contributed by atoms with E-state index in [1.807, 2.05) is 47.8 Å². The van der Waals surface area contributed by atoms with E-state index in [9.17, 15) is 0 Å². The van der Waals surface area contributed by atoms with Gasteiger partial charge in [0, 0.05) is 33.7 Å². The number of hydrogen-bond acceptors (Lipinski definition) is 4. The molecule has 0 atom stereocenters. The minimum absolute atomic E-state index is 0.475. The number of thiazole rings is 1. The van der Waals surface area contributed by atoms with E-state index in [-0.39, 0.29) is 0 Å². The van der Waals surface area contributed by atoms with Gasteiger partial charge in [-0.2, -0.15) is 0 Å². The summed E-state index contributed by atoms with van der Waals surface area (Å²) in [5.41, 5.74) is 2.05. The molecule has 1 aromatic heterocycles. The van der Waals surface area contributed by atoms with Crippen LogP contribution in [0.15, 0.2) is 54.0 Å². The molecule has 1 N–H and O–H groups in total. The van der Waals surface area contributed by atoms with Gasteiger partial charge >= 0.3 is 0 Å². The smallest absolute Gasteiger partial charge is 0.182 e. The molecule has 0 saturated carbocycles. The minimum Gasteiger partial charge on any atom is -0.489 e. The summed E-state index contributed by atoms with van der Waals surface area (Å²) in [5.74, 6) is 0.799. The summed E-state index contributed by atoms with van der Waals surface area (Å²) in [6.07, 6.45) is 1.77. The fraction of sp³-hybridized carbons (Fsp3) is 0.118. The molecule has 0 aliphatic carbocycles.